The van der Waals surface area contributed by atoms with Crippen LogP contribution in [0.4, 0.5) is 17.5 Å². The predicted molar refractivity (Wildman–Crippen MR) is 130 cm³/mol. The molecule has 2 N–H and O–H groups in total. The summed E-state index contributed by atoms with van der Waals surface area (Å²) in [6, 6.07) is 11.3. The van der Waals surface area contributed by atoms with Crippen molar-refractivity contribution in [2.24, 2.45) is 0 Å². The van der Waals surface area contributed by atoms with Crippen LogP contribution in [0.1, 0.15) is 25.3 Å². The van der Waals surface area contributed by atoms with Crippen LogP contribution in [-0.2, 0) is 4.79 Å². The minimum Gasteiger partial charge on any atom is -0.490 e. The number of carboxylic acid groups (broad SMARTS) is 1. The minimum absolute atomic E-state index is 0.0156. The van der Waals surface area contributed by atoms with E-state index < -0.39 is 5.97 Å². The van der Waals surface area contributed by atoms with E-state index in [1.165, 1.54) is 6.08 Å². The Morgan fingerprint density at radius 2 is 2.03 bits per heavy atom. The molecule has 34 heavy (non-hydrogen) atoms. The van der Waals surface area contributed by atoms with Gasteiger partial charge in [0.05, 0.1) is 25.5 Å². The topological polar surface area (TPSA) is 110 Å². The average molecular weight is 462 g/mol. The lowest BCUT2D eigenvalue weighted by molar-refractivity contribution is -0.131. The van der Waals surface area contributed by atoms with Crippen molar-refractivity contribution in [3.8, 4) is 11.5 Å². The maximum absolute atomic E-state index is 10.6. The van der Waals surface area contributed by atoms with Gasteiger partial charge >= 0.3 is 5.97 Å². The van der Waals surface area contributed by atoms with Gasteiger partial charge in [0.15, 0.2) is 17.3 Å². The van der Waals surface area contributed by atoms with Gasteiger partial charge in [-0.25, -0.2) is 14.8 Å². The lowest BCUT2D eigenvalue weighted by Gasteiger charge is -2.33. The number of piperidine rings is 1. The van der Waals surface area contributed by atoms with Crippen LogP contribution in [0.5, 0.6) is 11.5 Å². The number of benzene rings is 1. The maximum atomic E-state index is 10.6. The summed E-state index contributed by atoms with van der Waals surface area (Å²) < 4.78 is 12.0. The van der Waals surface area contributed by atoms with Gasteiger partial charge in [-0.2, -0.15) is 0 Å². The van der Waals surface area contributed by atoms with Gasteiger partial charge in [-0.1, -0.05) is 12.1 Å². The number of hydrogen-bond acceptors (Lipinski definition) is 8. The Morgan fingerprint density at radius 1 is 1.18 bits per heavy atom. The van der Waals surface area contributed by atoms with Gasteiger partial charge in [0.2, 0.25) is 0 Å². The number of rotatable bonds is 9. The van der Waals surface area contributed by atoms with Crippen molar-refractivity contribution in [1.82, 2.24) is 15.0 Å². The smallest absolute Gasteiger partial charge is 0.328 e. The van der Waals surface area contributed by atoms with Crippen LogP contribution in [0.15, 0.2) is 61.1 Å². The molecule has 3 heterocycles. The first-order chi connectivity index (χ1) is 16.6. The first-order valence-electron chi connectivity index (χ1n) is 11.2. The summed E-state index contributed by atoms with van der Waals surface area (Å²) in [5.74, 6) is 2.43. The number of carbonyl (C=O) groups is 1. The van der Waals surface area contributed by atoms with Crippen LogP contribution in [0.2, 0.25) is 0 Å². The third-order valence-electron chi connectivity index (χ3n) is 5.23. The molecule has 0 spiro atoms. The molecule has 1 aliphatic rings. The fraction of sp³-hybridized carbons (Fsp3) is 0.280. The van der Waals surface area contributed by atoms with Crippen LogP contribution >= 0.6 is 0 Å². The van der Waals surface area contributed by atoms with Gasteiger partial charge in [0, 0.05) is 18.8 Å². The largest absolute Gasteiger partial charge is 0.490 e. The van der Waals surface area contributed by atoms with Gasteiger partial charge < -0.3 is 24.8 Å². The molecule has 1 saturated heterocycles. The minimum atomic E-state index is -1.00. The first-order valence-corrected chi connectivity index (χ1v) is 11.2. The highest BCUT2D eigenvalue weighted by Gasteiger charge is 2.24. The predicted octanol–water partition coefficient (Wildman–Crippen LogP) is 4.16. The second-order valence-electron chi connectivity index (χ2n) is 7.74. The highest BCUT2D eigenvalue weighted by atomic mass is 16.5. The van der Waals surface area contributed by atoms with Crippen molar-refractivity contribution < 1.29 is 19.4 Å². The Bertz CT molecular complexity index is 1140. The Hall–Kier alpha value is -4.14. The lowest BCUT2D eigenvalue weighted by Crippen LogP contribution is -2.41. The van der Waals surface area contributed by atoms with Crippen molar-refractivity contribution in [2.45, 2.75) is 25.9 Å². The highest BCUT2D eigenvalue weighted by Crippen LogP contribution is 2.30. The molecule has 3 aromatic rings. The Morgan fingerprint density at radius 3 is 2.79 bits per heavy atom. The van der Waals surface area contributed by atoms with Gasteiger partial charge in [-0.3, -0.25) is 4.98 Å². The number of pyridine rings is 1. The van der Waals surface area contributed by atoms with E-state index in [1.807, 2.05) is 31.2 Å². The fourth-order valence-electron chi connectivity index (χ4n) is 3.69. The molecule has 0 radical (unpaired) electrons. The maximum Gasteiger partial charge on any atom is 0.328 e. The molecule has 1 atom stereocenters. The van der Waals surface area contributed by atoms with Gasteiger partial charge in [-0.15, -0.1) is 0 Å². The van der Waals surface area contributed by atoms with Crippen molar-refractivity contribution in [1.29, 1.82) is 0 Å². The molecule has 0 unspecified atom stereocenters. The molecule has 0 bridgehead atoms. The summed E-state index contributed by atoms with van der Waals surface area (Å²) in [5.41, 5.74) is 0.693. The van der Waals surface area contributed by atoms with E-state index in [4.69, 9.17) is 19.6 Å². The monoisotopic (exact) mass is 461 g/mol. The van der Waals surface area contributed by atoms with Crippen LogP contribution in [0.3, 0.4) is 0 Å². The van der Waals surface area contributed by atoms with Crippen LogP contribution in [0.25, 0.3) is 6.08 Å². The summed E-state index contributed by atoms with van der Waals surface area (Å²) in [5, 5.41) is 11.9. The molecule has 4 rings (SSSR count). The quantitative estimate of drug-likeness (QED) is 0.454. The molecule has 1 fully saturated rings. The van der Waals surface area contributed by atoms with Crippen LogP contribution in [0, 0.1) is 0 Å². The fourth-order valence-corrected chi connectivity index (χ4v) is 3.69. The van der Waals surface area contributed by atoms with E-state index >= 15 is 0 Å². The number of hydrogen-bond donors (Lipinski definition) is 2. The van der Waals surface area contributed by atoms with Crippen molar-refractivity contribution in [3.63, 3.8) is 0 Å². The molecule has 1 aliphatic heterocycles. The van der Waals surface area contributed by atoms with Crippen molar-refractivity contribution in [3.05, 3.63) is 66.6 Å². The summed E-state index contributed by atoms with van der Waals surface area (Å²) in [4.78, 5) is 26.2. The summed E-state index contributed by atoms with van der Waals surface area (Å²) in [7, 11) is 0. The molecule has 176 valence electrons. The SMILES string of the molecule is CCOc1ccccc1O[C@@H]1CCCN(c2cncc(Nc3ccc(/C=C/C(=O)O)cn3)n2)C1. The summed E-state index contributed by atoms with van der Waals surface area (Å²) in [6.07, 6.45) is 9.48. The Labute approximate surface area is 198 Å². The van der Waals surface area contributed by atoms with Crippen LogP contribution < -0.4 is 19.7 Å². The first kappa shape index (κ1) is 23.0. The molecule has 9 heteroatoms. The summed E-state index contributed by atoms with van der Waals surface area (Å²) >= 11 is 0. The van der Waals surface area contributed by atoms with E-state index in [1.54, 1.807) is 30.7 Å². The van der Waals surface area contributed by atoms with Gasteiger partial charge in [-0.05, 0) is 55.7 Å². The summed E-state index contributed by atoms with van der Waals surface area (Å²) in [6.45, 7) is 4.11. The number of nitrogens with zero attached hydrogens (tertiary/aromatic N) is 4. The van der Waals surface area contributed by atoms with E-state index in [0.717, 1.165) is 42.8 Å². The van der Waals surface area contributed by atoms with Crippen molar-refractivity contribution >= 4 is 29.5 Å². The second-order valence-corrected chi connectivity index (χ2v) is 7.74. The zero-order chi connectivity index (χ0) is 23.8. The second kappa shape index (κ2) is 11.1. The average Bonchev–Trinajstić information content (AvgIpc) is 2.85. The molecular weight excluding hydrogens is 434 g/mol. The molecule has 0 amide bonds. The third kappa shape index (κ3) is 6.22. The number of nitrogens with one attached hydrogen (secondary N) is 1. The van der Waals surface area contributed by atoms with Crippen LogP contribution in [-0.4, -0.2) is 51.8 Å². The van der Waals surface area contributed by atoms with Crippen molar-refractivity contribution in [2.75, 3.05) is 29.9 Å². The number of aromatic nitrogens is 3. The standard InChI is InChI=1S/C25H27N5O4/c1-2-33-20-7-3-4-8-21(20)34-19-6-5-13-30(17-19)24-16-26-15-23(29-24)28-22-11-9-18(14-27-22)10-12-25(31)32/h3-4,7-12,14-16,19H,2,5-6,13,17H2,1H3,(H,31,32)(H,27,28,29)/b12-10+/t19-/m1/s1. The number of ether oxygens (including phenoxy) is 2. The molecule has 2 aromatic heterocycles. The molecule has 0 saturated carbocycles. The lowest BCUT2D eigenvalue weighted by atomic mass is 10.1. The van der Waals surface area contributed by atoms with E-state index in [9.17, 15) is 4.79 Å². The number of carboxylic acids is 1. The number of para-hydroxylation sites is 2. The Kier molecular flexibility index (Phi) is 7.54. The molecule has 0 aliphatic carbocycles. The highest BCUT2D eigenvalue weighted by molar-refractivity contribution is 5.85. The molecular formula is C25H27N5O4. The Balaban J connectivity index is 1.40. The number of aliphatic carboxylic acids is 1. The molecule has 1 aromatic carbocycles. The zero-order valence-electron chi connectivity index (χ0n) is 18.9. The molecule has 9 nitrogen and oxygen atoms in total. The number of anilines is 3. The third-order valence-corrected chi connectivity index (χ3v) is 5.23. The van der Waals surface area contributed by atoms with Gasteiger partial charge in [0.1, 0.15) is 17.7 Å². The van der Waals surface area contributed by atoms with E-state index in [0.29, 0.717) is 30.4 Å². The van der Waals surface area contributed by atoms with Gasteiger partial charge in [0.25, 0.3) is 0 Å². The zero-order valence-corrected chi connectivity index (χ0v) is 18.9. The normalized spacial score (nSPS) is 15.8. The van der Waals surface area contributed by atoms with E-state index in [-0.39, 0.29) is 6.10 Å². The van der Waals surface area contributed by atoms with E-state index in [2.05, 4.69) is 20.2 Å².